The summed E-state index contributed by atoms with van der Waals surface area (Å²) in [6, 6.07) is 11.3. The molecule has 0 aliphatic carbocycles. The summed E-state index contributed by atoms with van der Waals surface area (Å²) in [6.07, 6.45) is 8.04. The molecule has 2 aromatic rings. The zero-order valence-corrected chi connectivity index (χ0v) is 13.2. The molecule has 0 nitrogen and oxygen atoms in total. The molecule has 0 fully saturated rings. The van der Waals surface area contributed by atoms with Crippen LogP contribution in [-0.2, 0) is 6.42 Å². The lowest BCUT2D eigenvalue weighted by Gasteiger charge is -2.03. The zero-order valence-electron chi connectivity index (χ0n) is 11.6. The SMILES string of the molecule is CCCCCCCc1ccc(Sc2ccsc2)cc1. The molecule has 19 heavy (non-hydrogen) atoms. The third kappa shape index (κ3) is 5.42. The van der Waals surface area contributed by atoms with E-state index in [0.29, 0.717) is 0 Å². The van der Waals surface area contributed by atoms with Gasteiger partial charge < -0.3 is 0 Å². The van der Waals surface area contributed by atoms with Gasteiger partial charge in [-0.2, -0.15) is 11.3 Å². The van der Waals surface area contributed by atoms with E-state index in [-0.39, 0.29) is 0 Å². The Labute approximate surface area is 125 Å². The number of hydrogen-bond acceptors (Lipinski definition) is 2. The largest absolute Gasteiger partial charge is 0.151 e. The molecular formula is C17H22S2. The topological polar surface area (TPSA) is 0 Å². The van der Waals surface area contributed by atoms with Crippen LogP contribution in [0, 0.1) is 0 Å². The molecule has 0 bridgehead atoms. The molecule has 1 aromatic heterocycles. The predicted octanol–water partition coefficient (Wildman–Crippen LogP) is 6.41. The van der Waals surface area contributed by atoms with Gasteiger partial charge in [0.2, 0.25) is 0 Å². The molecule has 1 aromatic carbocycles. The van der Waals surface area contributed by atoms with Gasteiger partial charge in [0.25, 0.3) is 0 Å². The van der Waals surface area contributed by atoms with Gasteiger partial charge in [0.15, 0.2) is 0 Å². The number of hydrogen-bond donors (Lipinski definition) is 0. The summed E-state index contributed by atoms with van der Waals surface area (Å²) < 4.78 is 0. The van der Waals surface area contributed by atoms with Crippen LogP contribution in [0.1, 0.15) is 44.6 Å². The van der Waals surface area contributed by atoms with Crippen LogP contribution in [0.5, 0.6) is 0 Å². The van der Waals surface area contributed by atoms with Gasteiger partial charge in [-0.05, 0) is 42.0 Å². The second-order valence-corrected chi connectivity index (χ2v) is 6.80. The van der Waals surface area contributed by atoms with Gasteiger partial charge in [0, 0.05) is 15.2 Å². The molecule has 1 heterocycles. The van der Waals surface area contributed by atoms with E-state index < -0.39 is 0 Å². The van der Waals surface area contributed by atoms with Crippen LogP contribution in [0.25, 0.3) is 0 Å². The van der Waals surface area contributed by atoms with E-state index in [9.17, 15) is 0 Å². The Hall–Kier alpha value is -0.730. The standard InChI is InChI=1S/C17H22S2/c1-2-3-4-5-6-7-15-8-10-16(11-9-15)19-17-12-13-18-14-17/h8-14H,2-7H2,1H3. The van der Waals surface area contributed by atoms with E-state index >= 15 is 0 Å². The fourth-order valence-electron chi connectivity index (χ4n) is 2.10. The fraction of sp³-hybridized carbons (Fsp3) is 0.412. The molecule has 0 saturated carbocycles. The predicted molar refractivity (Wildman–Crippen MR) is 87.3 cm³/mol. The number of unbranched alkanes of at least 4 members (excludes halogenated alkanes) is 4. The van der Waals surface area contributed by atoms with Crippen molar-refractivity contribution in [3.05, 3.63) is 46.7 Å². The summed E-state index contributed by atoms with van der Waals surface area (Å²) in [5, 5.41) is 4.33. The maximum Gasteiger partial charge on any atom is 0.0229 e. The lowest BCUT2D eigenvalue weighted by Crippen LogP contribution is -1.86. The van der Waals surface area contributed by atoms with Crippen LogP contribution in [0.15, 0.2) is 50.9 Å². The first kappa shape index (κ1) is 14.7. The molecule has 0 atom stereocenters. The summed E-state index contributed by atoms with van der Waals surface area (Å²) >= 11 is 3.61. The van der Waals surface area contributed by atoms with Crippen LogP contribution in [0.4, 0.5) is 0 Å². The lowest BCUT2D eigenvalue weighted by molar-refractivity contribution is 0.632. The van der Waals surface area contributed by atoms with Crippen LogP contribution < -0.4 is 0 Å². The first-order chi connectivity index (χ1) is 9.38. The van der Waals surface area contributed by atoms with Crippen molar-refractivity contribution in [3.8, 4) is 0 Å². The summed E-state index contributed by atoms with van der Waals surface area (Å²) in [5.41, 5.74) is 1.48. The van der Waals surface area contributed by atoms with E-state index in [4.69, 9.17) is 0 Å². The Morgan fingerprint density at radius 3 is 2.37 bits per heavy atom. The second-order valence-electron chi connectivity index (χ2n) is 4.87. The average molecular weight is 290 g/mol. The van der Waals surface area contributed by atoms with Crippen molar-refractivity contribution >= 4 is 23.1 Å². The second kappa shape index (κ2) is 8.44. The van der Waals surface area contributed by atoms with Gasteiger partial charge in [-0.25, -0.2) is 0 Å². The summed E-state index contributed by atoms with van der Waals surface area (Å²) in [6.45, 7) is 2.27. The molecular weight excluding hydrogens is 268 g/mol. The minimum absolute atomic E-state index is 1.23. The molecule has 2 rings (SSSR count). The third-order valence-corrected chi connectivity index (χ3v) is 5.05. The summed E-state index contributed by atoms with van der Waals surface area (Å²) in [7, 11) is 0. The maximum atomic E-state index is 2.29. The Morgan fingerprint density at radius 2 is 1.68 bits per heavy atom. The normalized spacial score (nSPS) is 10.8. The number of thiophene rings is 1. The van der Waals surface area contributed by atoms with Crippen LogP contribution >= 0.6 is 23.1 Å². The van der Waals surface area contributed by atoms with E-state index in [1.807, 2.05) is 11.8 Å². The first-order valence-corrected chi connectivity index (χ1v) is 8.93. The monoisotopic (exact) mass is 290 g/mol. The molecule has 0 aliphatic heterocycles. The van der Waals surface area contributed by atoms with Crippen LogP contribution in [0.3, 0.4) is 0 Å². The summed E-state index contributed by atoms with van der Waals surface area (Å²) in [4.78, 5) is 2.69. The highest BCUT2D eigenvalue weighted by molar-refractivity contribution is 7.99. The number of aryl methyl sites for hydroxylation is 1. The Kier molecular flexibility index (Phi) is 6.52. The smallest absolute Gasteiger partial charge is 0.0229 e. The molecule has 0 radical (unpaired) electrons. The van der Waals surface area contributed by atoms with Crippen LogP contribution in [-0.4, -0.2) is 0 Å². The zero-order chi connectivity index (χ0) is 13.3. The van der Waals surface area contributed by atoms with Gasteiger partial charge in [0.05, 0.1) is 0 Å². The van der Waals surface area contributed by atoms with Gasteiger partial charge in [-0.15, -0.1) is 0 Å². The molecule has 0 unspecified atom stereocenters. The molecule has 2 heteroatoms. The lowest BCUT2D eigenvalue weighted by atomic mass is 10.1. The van der Waals surface area contributed by atoms with Gasteiger partial charge in [0.1, 0.15) is 0 Å². The minimum Gasteiger partial charge on any atom is -0.151 e. The van der Waals surface area contributed by atoms with Crippen molar-refractivity contribution < 1.29 is 0 Å². The maximum absolute atomic E-state index is 2.29. The molecule has 102 valence electrons. The van der Waals surface area contributed by atoms with Crippen molar-refractivity contribution in [3.63, 3.8) is 0 Å². The van der Waals surface area contributed by atoms with E-state index in [1.165, 1.54) is 53.9 Å². The third-order valence-electron chi connectivity index (χ3n) is 3.22. The van der Waals surface area contributed by atoms with Crippen molar-refractivity contribution in [2.45, 2.75) is 55.2 Å². The fourth-order valence-corrected chi connectivity index (χ4v) is 3.75. The molecule has 0 spiro atoms. The molecule has 0 N–H and O–H groups in total. The van der Waals surface area contributed by atoms with Crippen molar-refractivity contribution in [1.29, 1.82) is 0 Å². The van der Waals surface area contributed by atoms with Crippen molar-refractivity contribution in [2.75, 3.05) is 0 Å². The number of rotatable bonds is 8. The van der Waals surface area contributed by atoms with Crippen molar-refractivity contribution in [1.82, 2.24) is 0 Å². The van der Waals surface area contributed by atoms with E-state index in [0.717, 1.165) is 0 Å². The Morgan fingerprint density at radius 1 is 0.895 bits per heavy atom. The van der Waals surface area contributed by atoms with E-state index in [2.05, 4.69) is 48.0 Å². The Bertz CT molecular complexity index is 443. The number of benzene rings is 1. The highest BCUT2D eigenvalue weighted by Crippen LogP contribution is 2.29. The average Bonchev–Trinajstić information content (AvgIpc) is 2.93. The highest BCUT2D eigenvalue weighted by Gasteiger charge is 1.99. The van der Waals surface area contributed by atoms with Gasteiger partial charge >= 0.3 is 0 Å². The summed E-state index contributed by atoms with van der Waals surface area (Å²) in [5.74, 6) is 0. The quantitative estimate of drug-likeness (QED) is 0.506. The molecule has 0 saturated heterocycles. The highest BCUT2D eigenvalue weighted by atomic mass is 32.2. The van der Waals surface area contributed by atoms with Crippen molar-refractivity contribution in [2.24, 2.45) is 0 Å². The van der Waals surface area contributed by atoms with Gasteiger partial charge in [-0.3, -0.25) is 0 Å². The Balaban J connectivity index is 1.75. The molecule has 0 amide bonds. The van der Waals surface area contributed by atoms with E-state index in [1.54, 1.807) is 11.3 Å². The van der Waals surface area contributed by atoms with Gasteiger partial charge in [-0.1, -0.05) is 56.5 Å². The first-order valence-electron chi connectivity index (χ1n) is 7.17. The van der Waals surface area contributed by atoms with Crippen LogP contribution in [0.2, 0.25) is 0 Å². The minimum atomic E-state index is 1.23. The molecule has 0 aliphatic rings.